The van der Waals surface area contributed by atoms with E-state index in [1.54, 1.807) is 0 Å². The van der Waals surface area contributed by atoms with E-state index in [1.165, 1.54) is 13.0 Å². The van der Waals surface area contributed by atoms with Crippen LogP contribution in [0.15, 0.2) is 17.0 Å². The highest BCUT2D eigenvalue weighted by atomic mass is 32.2. The molecule has 1 aromatic rings. The number of carbonyl (C=O) groups is 1. The van der Waals surface area contributed by atoms with Crippen LogP contribution in [0.3, 0.4) is 0 Å². The number of benzene rings is 1. The molecule has 0 spiro atoms. The van der Waals surface area contributed by atoms with E-state index in [2.05, 4.69) is 9.47 Å². The maximum absolute atomic E-state index is 12.4. The molecule has 0 aliphatic heterocycles. The fraction of sp³-hybridized carbons (Fsp3) is 0.364. The van der Waals surface area contributed by atoms with Gasteiger partial charge < -0.3 is 9.47 Å². The number of hydrogen-bond donors (Lipinski definition) is 0. The van der Waals surface area contributed by atoms with Crippen LogP contribution in [0, 0.1) is 6.92 Å². The van der Waals surface area contributed by atoms with Crippen molar-refractivity contribution in [3.05, 3.63) is 23.3 Å². The lowest BCUT2D eigenvalue weighted by Crippen LogP contribution is -2.12. The zero-order valence-electron chi connectivity index (χ0n) is 10.4. The van der Waals surface area contributed by atoms with Crippen molar-refractivity contribution in [3.8, 4) is 5.75 Å². The zero-order chi connectivity index (χ0) is 14.8. The number of ether oxygens (including phenoxy) is 2. The van der Waals surface area contributed by atoms with Crippen molar-refractivity contribution in [2.75, 3.05) is 13.4 Å². The summed E-state index contributed by atoms with van der Waals surface area (Å²) in [6.07, 6.45) is 0.859. The summed E-state index contributed by atoms with van der Waals surface area (Å²) < 4.78 is 56.4. The van der Waals surface area contributed by atoms with Crippen molar-refractivity contribution in [1.82, 2.24) is 0 Å². The third-order valence-corrected chi connectivity index (χ3v) is 3.50. The van der Waals surface area contributed by atoms with Crippen LogP contribution < -0.4 is 4.74 Å². The molecule has 106 valence electrons. The highest BCUT2D eigenvalue weighted by molar-refractivity contribution is 7.90. The molecular formula is C11H12F2O5S. The molecule has 0 saturated carbocycles. The second-order valence-corrected chi connectivity index (χ2v) is 5.69. The molecule has 1 aromatic carbocycles. The van der Waals surface area contributed by atoms with Crippen LogP contribution in [-0.2, 0) is 14.6 Å². The molecule has 0 atom stereocenters. The predicted molar refractivity (Wildman–Crippen MR) is 62.3 cm³/mol. The average molecular weight is 294 g/mol. The lowest BCUT2D eigenvalue weighted by molar-refractivity contribution is -0.0523. The van der Waals surface area contributed by atoms with Crippen molar-refractivity contribution in [1.29, 1.82) is 0 Å². The summed E-state index contributed by atoms with van der Waals surface area (Å²) in [5.41, 5.74) is -0.0550. The number of sulfone groups is 1. The van der Waals surface area contributed by atoms with Gasteiger partial charge in [0.25, 0.3) is 0 Å². The number of methoxy groups -OCH3 is 1. The summed E-state index contributed by atoms with van der Waals surface area (Å²) in [4.78, 5) is 11.0. The van der Waals surface area contributed by atoms with Crippen molar-refractivity contribution >= 4 is 15.8 Å². The number of alkyl halides is 2. The van der Waals surface area contributed by atoms with Crippen molar-refractivity contribution in [2.24, 2.45) is 0 Å². The SMILES string of the molecule is COC(=O)c1ccc(S(C)(=O)=O)c(OC(F)F)c1C. The van der Waals surface area contributed by atoms with Gasteiger partial charge in [0.05, 0.1) is 12.7 Å². The quantitative estimate of drug-likeness (QED) is 0.792. The fourth-order valence-electron chi connectivity index (χ4n) is 1.53. The smallest absolute Gasteiger partial charge is 0.387 e. The van der Waals surface area contributed by atoms with Gasteiger partial charge in [-0.15, -0.1) is 0 Å². The molecule has 0 amide bonds. The Labute approximate surface area is 109 Å². The molecule has 1 rings (SSSR count). The highest BCUT2D eigenvalue weighted by Gasteiger charge is 2.24. The van der Waals surface area contributed by atoms with Crippen LogP contribution in [0.1, 0.15) is 15.9 Å². The molecule has 0 aromatic heterocycles. The van der Waals surface area contributed by atoms with Crippen LogP contribution in [0.5, 0.6) is 5.75 Å². The summed E-state index contributed by atoms with van der Waals surface area (Å²) in [5.74, 6) is -1.31. The first-order valence-electron chi connectivity index (χ1n) is 5.05. The Kier molecular flexibility index (Phi) is 4.46. The molecule has 0 unspecified atom stereocenters. The monoisotopic (exact) mass is 294 g/mol. The normalized spacial score (nSPS) is 11.5. The summed E-state index contributed by atoms with van der Waals surface area (Å²) >= 11 is 0. The Morgan fingerprint density at radius 1 is 1.32 bits per heavy atom. The van der Waals surface area contributed by atoms with Crippen molar-refractivity contribution in [3.63, 3.8) is 0 Å². The van der Waals surface area contributed by atoms with Crippen LogP contribution in [0.2, 0.25) is 0 Å². The largest absolute Gasteiger partial charge is 0.465 e. The van der Waals surface area contributed by atoms with E-state index >= 15 is 0 Å². The molecular weight excluding hydrogens is 282 g/mol. The van der Waals surface area contributed by atoms with Gasteiger partial charge >= 0.3 is 12.6 Å². The molecule has 0 aliphatic carbocycles. The Bertz CT molecular complexity index is 595. The first kappa shape index (κ1) is 15.4. The minimum absolute atomic E-state index is 0.0184. The molecule has 0 fully saturated rings. The van der Waals surface area contributed by atoms with Gasteiger partial charge in [-0.25, -0.2) is 13.2 Å². The van der Waals surface area contributed by atoms with Gasteiger partial charge in [-0.1, -0.05) is 0 Å². The summed E-state index contributed by atoms with van der Waals surface area (Å²) in [7, 11) is -2.64. The second kappa shape index (κ2) is 5.52. The number of halogens is 2. The van der Waals surface area contributed by atoms with E-state index in [4.69, 9.17) is 0 Å². The van der Waals surface area contributed by atoms with Gasteiger partial charge in [0.15, 0.2) is 9.84 Å². The Morgan fingerprint density at radius 3 is 2.32 bits per heavy atom. The molecule has 0 bridgehead atoms. The number of esters is 1. The molecule has 5 nitrogen and oxygen atoms in total. The first-order valence-corrected chi connectivity index (χ1v) is 6.94. The van der Waals surface area contributed by atoms with E-state index in [0.29, 0.717) is 0 Å². The topological polar surface area (TPSA) is 69.7 Å². The third kappa shape index (κ3) is 3.40. The van der Waals surface area contributed by atoms with E-state index in [0.717, 1.165) is 19.4 Å². The van der Waals surface area contributed by atoms with Crippen molar-refractivity contribution < 1.29 is 31.5 Å². The minimum atomic E-state index is -3.76. The maximum atomic E-state index is 12.4. The molecule has 0 radical (unpaired) electrons. The van der Waals surface area contributed by atoms with Gasteiger partial charge in [0.1, 0.15) is 10.6 Å². The summed E-state index contributed by atoms with van der Waals surface area (Å²) in [6, 6.07) is 2.22. The van der Waals surface area contributed by atoms with E-state index < -0.39 is 33.1 Å². The number of hydrogen-bond acceptors (Lipinski definition) is 5. The Balaban J connectivity index is 3.54. The Hall–Kier alpha value is -1.70. The summed E-state index contributed by atoms with van der Waals surface area (Å²) in [5, 5.41) is 0. The van der Waals surface area contributed by atoms with Gasteiger partial charge in [-0.3, -0.25) is 0 Å². The standard InChI is InChI=1S/C11H12F2O5S/c1-6-7(10(14)17-2)4-5-8(19(3,15)16)9(6)18-11(12)13/h4-5,11H,1-3H3. The van der Waals surface area contributed by atoms with E-state index in [1.807, 2.05) is 0 Å². The summed E-state index contributed by atoms with van der Waals surface area (Å²) in [6.45, 7) is -1.90. The van der Waals surface area contributed by atoms with E-state index in [-0.39, 0.29) is 11.1 Å². The average Bonchev–Trinajstić information content (AvgIpc) is 2.28. The highest BCUT2D eigenvalue weighted by Crippen LogP contribution is 2.32. The van der Waals surface area contributed by atoms with Crippen LogP contribution in [0.25, 0.3) is 0 Å². The van der Waals surface area contributed by atoms with E-state index in [9.17, 15) is 22.0 Å². The van der Waals surface area contributed by atoms with Gasteiger partial charge in [-0.05, 0) is 19.1 Å². The molecule has 0 heterocycles. The third-order valence-electron chi connectivity index (χ3n) is 2.38. The first-order chi connectivity index (χ1) is 8.68. The lowest BCUT2D eigenvalue weighted by atomic mass is 10.1. The Morgan fingerprint density at radius 2 is 1.89 bits per heavy atom. The van der Waals surface area contributed by atoms with Crippen LogP contribution in [-0.4, -0.2) is 34.4 Å². The van der Waals surface area contributed by atoms with Gasteiger partial charge in [0.2, 0.25) is 0 Å². The molecule has 19 heavy (non-hydrogen) atoms. The fourth-order valence-corrected chi connectivity index (χ4v) is 2.38. The van der Waals surface area contributed by atoms with Crippen molar-refractivity contribution in [2.45, 2.75) is 18.4 Å². The second-order valence-electron chi connectivity index (χ2n) is 3.71. The zero-order valence-corrected chi connectivity index (χ0v) is 11.3. The minimum Gasteiger partial charge on any atom is -0.465 e. The van der Waals surface area contributed by atoms with Gasteiger partial charge in [0, 0.05) is 11.8 Å². The van der Waals surface area contributed by atoms with Crippen LogP contribution in [0.4, 0.5) is 8.78 Å². The van der Waals surface area contributed by atoms with Crippen LogP contribution >= 0.6 is 0 Å². The van der Waals surface area contributed by atoms with Gasteiger partial charge in [-0.2, -0.15) is 8.78 Å². The lowest BCUT2D eigenvalue weighted by Gasteiger charge is -2.14. The maximum Gasteiger partial charge on any atom is 0.387 e. The molecule has 0 N–H and O–H groups in total. The molecule has 8 heteroatoms. The number of rotatable bonds is 4. The number of carbonyl (C=O) groups excluding carboxylic acids is 1. The predicted octanol–water partition coefficient (Wildman–Crippen LogP) is 1.79. The molecule has 0 aliphatic rings. The molecule has 0 saturated heterocycles.